The zero-order chi connectivity index (χ0) is 20.1. The summed E-state index contributed by atoms with van der Waals surface area (Å²) in [5.41, 5.74) is 2.33. The van der Waals surface area contributed by atoms with Crippen LogP contribution in [0.25, 0.3) is 0 Å². The highest BCUT2D eigenvalue weighted by molar-refractivity contribution is 5.98. The van der Waals surface area contributed by atoms with Gasteiger partial charge in [0.25, 0.3) is 5.91 Å². The maximum atomic E-state index is 12.6. The predicted octanol–water partition coefficient (Wildman–Crippen LogP) is 4.82. The summed E-state index contributed by atoms with van der Waals surface area (Å²) in [7, 11) is 0. The Morgan fingerprint density at radius 3 is 2.15 bits per heavy atom. The molecule has 0 fully saturated rings. The Labute approximate surface area is 160 Å². The summed E-state index contributed by atoms with van der Waals surface area (Å²) in [6.45, 7) is 9.43. The Hall–Kier alpha value is -2.82. The molecular weight excluding hydrogens is 342 g/mol. The van der Waals surface area contributed by atoms with Gasteiger partial charge in [0, 0.05) is 5.69 Å². The van der Waals surface area contributed by atoms with Crippen molar-refractivity contribution in [3.8, 4) is 5.75 Å². The van der Waals surface area contributed by atoms with Gasteiger partial charge in [-0.05, 0) is 48.1 Å². The molecule has 0 bridgehead atoms. The molecule has 0 saturated carbocycles. The Bertz CT molecular complexity index is 813. The van der Waals surface area contributed by atoms with Crippen LogP contribution >= 0.6 is 0 Å². The minimum Gasteiger partial charge on any atom is -0.507 e. The van der Waals surface area contributed by atoms with Crippen LogP contribution in [0.4, 0.5) is 5.69 Å². The number of carbonyl (C=O) groups excluding carboxylic acids is 2. The summed E-state index contributed by atoms with van der Waals surface area (Å²) < 4.78 is 5.31. The Kier molecular flexibility index (Phi) is 6.61. The van der Waals surface area contributed by atoms with Crippen LogP contribution < -0.4 is 5.32 Å². The van der Waals surface area contributed by atoms with Crippen LogP contribution in [0.3, 0.4) is 0 Å². The normalized spacial score (nSPS) is 12.1. The first-order chi connectivity index (χ1) is 12.7. The number of aromatic hydroxyl groups is 1. The van der Waals surface area contributed by atoms with Crippen molar-refractivity contribution < 1.29 is 19.4 Å². The number of anilines is 1. The number of esters is 1. The molecule has 1 atom stereocenters. The fraction of sp³-hybridized carbons (Fsp3) is 0.364. The largest absolute Gasteiger partial charge is 0.507 e. The second-order valence-corrected chi connectivity index (χ2v) is 7.22. The van der Waals surface area contributed by atoms with Gasteiger partial charge in [-0.1, -0.05) is 52.0 Å². The van der Waals surface area contributed by atoms with Crippen molar-refractivity contribution in [2.75, 3.05) is 5.32 Å². The molecule has 0 heterocycles. The lowest BCUT2D eigenvalue weighted by Gasteiger charge is -2.18. The van der Waals surface area contributed by atoms with E-state index >= 15 is 0 Å². The molecule has 2 aromatic rings. The van der Waals surface area contributed by atoms with Gasteiger partial charge in [0.05, 0.1) is 0 Å². The lowest BCUT2D eigenvalue weighted by molar-refractivity contribution is -0.123. The number of ether oxygens (including phenoxy) is 1. The topological polar surface area (TPSA) is 75.6 Å². The van der Waals surface area contributed by atoms with E-state index in [1.165, 1.54) is 6.92 Å². The van der Waals surface area contributed by atoms with Crippen molar-refractivity contribution in [3.05, 3.63) is 59.2 Å². The van der Waals surface area contributed by atoms with E-state index in [9.17, 15) is 14.7 Å². The van der Waals surface area contributed by atoms with Gasteiger partial charge in [-0.2, -0.15) is 0 Å². The molecule has 0 spiro atoms. The van der Waals surface area contributed by atoms with Crippen molar-refractivity contribution in [2.45, 2.75) is 52.6 Å². The minimum absolute atomic E-state index is 0.0500. The number of amides is 1. The van der Waals surface area contributed by atoms with Crippen LogP contribution in [0.15, 0.2) is 42.5 Å². The van der Waals surface area contributed by atoms with Gasteiger partial charge in [0.1, 0.15) is 11.3 Å². The van der Waals surface area contributed by atoms with Gasteiger partial charge in [-0.3, -0.25) is 4.79 Å². The Balaban J connectivity index is 2.20. The summed E-state index contributed by atoms with van der Waals surface area (Å²) >= 11 is 0. The Morgan fingerprint density at radius 1 is 0.963 bits per heavy atom. The molecule has 0 saturated heterocycles. The molecule has 2 rings (SSSR count). The smallest absolute Gasteiger partial charge is 0.342 e. The third-order valence-corrected chi connectivity index (χ3v) is 4.36. The first kappa shape index (κ1) is 20.5. The van der Waals surface area contributed by atoms with E-state index in [-0.39, 0.29) is 23.1 Å². The maximum Gasteiger partial charge on any atom is 0.342 e. The molecule has 5 heteroatoms. The van der Waals surface area contributed by atoms with E-state index in [0.717, 1.165) is 5.56 Å². The van der Waals surface area contributed by atoms with Crippen LogP contribution in [0.5, 0.6) is 5.75 Å². The van der Waals surface area contributed by atoms with Crippen LogP contribution in [-0.4, -0.2) is 23.1 Å². The number of para-hydroxylation sites is 1. The highest BCUT2D eigenvalue weighted by atomic mass is 16.5. The summed E-state index contributed by atoms with van der Waals surface area (Å²) in [5, 5.41) is 13.2. The molecule has 0 aromatic heterocycles. The molecule has 1 unspecified atom stereocenters. The molecule has 0 radical (unpaired) electrons. The number of benzene rings is 2. The SMILES string of the molecule is CC(OC(=O)c1cc(C(C)C)cc(C(C)C)c1O)C(=O)Nc1ccccc1. The van der Waals surface area contributed by atoms with Gasteiger partial charge in [0.2, 0.25) is 0 Å². The van der Waals surface area contributed by atoms with E-state index < -0.39 is 18.0 Å². The van der Waals surface area contributed by atoms with E-state index in [1.54, 1.807) is 30.3 Å². The average molecular weight is 369 g/mol. The summed E-state index contributed by atoms with van der Waals surface area (Å²) in [6, 6.07) is 12.5. The van der Waals surface area contributed by atoms with Crippen LogP contribution in [-0.2, 0) is 9.53 Å². The Morgan fingerprint density at radius 2 is 1.59 bits per heavy atom. The molecule has 27 heavy (non-hydrogen) atoms. The van der Waals surface area contributed by atoms with Crippen molar-refractivity contribution in [1.29, 1.82) is 0 Å². The fourth-order valence-corrected chi connectivity index (χ4v) is 2.65. The number of nitrogens with one attached hydrogen (secondary N) is 1. The average Bonchev–Trinajstić information content (AvgIpc) is 2.61. The third-order valence-electron chi connectivity index (χ3n) is 4.36. The van der Waals surface area contributed by atoms with Crippen LogP contribution in [0.1, 0.15) is 67.9 Å². The van der Waals surface area contributed by atoms with Crippen LogP contribution in [0.2, 0.25) is 0 Å². The number of hydrogen-bond donors (Lipinski definition) is 2. The fourth-order valence-electron chi connectivity index (χ4n) is 2.65. The molecule has 5 nitrogen and oxygen atoms in total. The van der Waals surface area contributed by atoms with Gasteiger partial charge in [0.15, 0.2) is 6.10 Å². The van der Waals surface area contributed by atoms with Crippen LogP contribution in [0, 0.1) is 0 Å². The van der Waals surface area contributed by atoms with E-state index in [0.29, 0.717) is 11.3 Å². The lowest BCUT2D eigenvalue weighted by Crippen LogP contribution is -2.30. The molecular formula is C22H27NO4. The van der Waals surface area contributed by atoms with Gasteiger partial charge >= 0.3 is 5.97 Å². The predicted molar refractivity (Wildman–Crippen MR) is 106 cm³/mol. The third kappa shape index (κ3) is 5.09. The number of rotatable bonds is 6. The minimum atomic E-state index is -0.998. The highest BCUT2D eigenvalue weighted by Gasteiger charge is 2.24. The monoisotopic (exact) mass is 369 g/mol. The first-order valence-corrected chi connectivity index (χ1v) is 9.14. The summed E-state index contributed by atoms with van der Waals surface area (Å²) in [4.78, 5) is 24.9. The van der Waals surface area contributed by atoms with Crippen molar-refractivity contribution in [1.82, 2.24) is 0 Å². The van der Waals surface area contributed by atoms with E-state index in [2.05, 4.69) is 5.32 Å². The summed E-state index contributed by atoms with van der Waals surface area (Å²) in [5.74, 6) is -0.997. The molecule has 144 valence electrons. The molecule has 2 aromatic carbocycles. The standard InChI is InChI=1S/C22H27NO4/c1-13(2)16-11-18(14(3)4)20(24)19(12-16)22(26)27-15(5)21(25)23-17-9-7-6-8-10-17/h6-15,24H,1-5H3,(H,23,25). The van der Waals surface area contributed by atoms with Crippen molar-refractivity contribution >= 4 is 17.6 Å². The number of hydrogen-bond acceptors (Lipinski definition) is 4. The molecule has 0 aliphatic rings. The second-order valence-electron chi connectivity index (χ2n) is 7.22. The quantitative estimate of drug-likeness (QED) is 0.716. The summed E-state index contributed by atoms with van der Waals surface area (Å²) in [6.07, 6.45) is -0.998. The number of carbonyl (C=O) groups is 2. The first-order valence-electron chi connectivity index (χ1n) is 9.14. The second kappa shape index (κ2) is 8.71. The van der Waals surface area contributed by atoms with Gasteiger partial charge in [-0.25, -0.2) is 4.79 Å². The van der Waals surface area contributed by atoms with Gasteiger partial charge in [-0.15, -0.1) is 0 Å². The van der Waals surface area contributed by atoms with Crippen molar-refractivity contribution in [2.24, 2.45) is 0 Å². The molecule has 1 amide bonds. The lowest BCUT2D eigenvalue weighted by atomic mass is 9.92. The molecule has 2 N–H and O–H groups in total. The number of phenols is 1. The van der Waals surface area contributed by atoms with E-state index in [4.69, 9.17) is 4.74 Å². The van der Waals surface area contributed by atoms with Crippen molar-refractivity contribution in [3.63, 3.8) is 0 Å². The number of phenolic OH excluding ortho intramolecular Hbond substituents is 1. The van der Waals surface area contributed by atoms with E-state index in [1.807, 2.05) is 39.8 Å². The molecule has 0 aliphatic heterocycles. The zero-order valence-electron chi connectivity index (χ0n) is 16.4. The molecule has 0 aliphatic carbocycles. The highest BCUT2D eigenvalue weighted by Crippen LogP contribution is 2.33. The zero-order valence-corrected chi connectivity index (χ0v) is 16.4. The maximum absolute atomic E-state index is 12.6. The van der Waals surface area contributed by atoms with Gasteiger partial charge < -0.3 is 15.2 Å².